The molecule has 0 radical (unpaired) electrons. The van der Waals surface area contributed by atoms with E-state index in [1.165, 1.54) is 13.0 Å². The molecule has 0 spiro atoms. The van der Waals surface area contributed by atoms with Crippen LogP contribution in [0, 0.1) is 17.6 Å². The van der Waals surface area contributed by atoms with E-state index in [0.29, 0.717) is 12.0 Å². The van der Waals surface area contributed by atoms with Gasteiger partial charge in [0.15, 0.2) is 23.2 Å². The van der Waals surface area contributed by atoms with Crippen molar-refractivity contribution in [2.45, 2.75) is 45.2 Å². The van der Waals surface area contributed by atoms with Gasteiger partial charge in [0.1, 0.15) is 0 Å². The quantitative estimate of drug-likeness (QED) is 0.623. The van der Waals surface area contributed by atoms with Crippen molar-refractivity contribution in [1.82, 2.24) is 5.32 Å². The van der Waals surface area contributed by atoms with Gasteiger partial charge in [0, 0.05) is 12.3 Å². The fraction of sp³-hybridized carbons (Fsp3) is 0.348. The Balaban J connectivity index is 1.91. The van der Waals surface area contributed by atoms with Crippen molar-refractivity contribution >= 4 is 17.5 Å². The van der Waals surface area contributed by atoms with Crippen LogP contribution >= 0.6 is 0 Å². The van der Waals surface area contributed by atoms with Crippen molar-refractivity contribution in [1.29, 1.82) is 0 Å². The van der Waals surface area contributed by atoms with Gasteiger partial charge in [-0.2, -0.15) is 0 Å². The van der Waals surface area contributed by atoms with E-state index >= 15 is 0 Å². The van der Waals surface area contributed by atoms with Crippen LogP contribution in [0.5, 0.6) is 0 Å². The summed E-state index contributed by atoms with van der Waals surface area (Å²) in [4.78, 5) is 36.8. The smallest absolute Gasteiger partial charge is 0.223 e. The predicted molar refractivity (Wildman–Crippen MR) is 110 cm³/mol. The molecule has 0 aliphatic rings. The fourth-order valence-electron chi connectivity index (χ4n) is 3.04. The summed E-state index contributed by atoms with van der Waals surface area (Å²) in [7, 11) is 0. The van der Waals surface area contributed by atoms with Gasteiger partial charge in [-0.25, -0.2) is 8.78 Å². The molecule has 0 fully saturated rings. The van der Waals surface area contributed by atoms with Crippen molar-refractivity contribution < 1.29 is 23.2 Å². The molecule has 0 aliphatic heterocycles. The molecule has 2 aromatic rings. The first-order valence-corrected chi connectivity index (χ1v) is 9.74. The Morgan fingerprint density at radius 2 is 1.63 bits per heavy atom. The maximum Gasteiger partial charge on any atom is 0.223 e. The molecule has 0 saturated heterocycles. The number of halogens is 2. The number of benzene rings is 2. The number of Topliss-reactive ketones (excluding diaryl/α,β-unsaturated/α-hetero) is 2. The van der Waals surface area contributed by atoms with Crippen molar-refractivity contribution in [2.75, 3.05) is 0 Å². The molecule has 3 atom stereocenters. The molecule has 0 bridgehead atoms. The van der Waals surface area contributed by atoms with Crippen LogP contribution < -0.4 is 11.1 Å². The lowest BCUT2D eigenvalue weighted by Crippen LogP contribution is -2.44. The third kappa shape index (κ3) is 6.84. The van der Waals surface area contributed by atoms with Crippen LogP contribution in [0.3, 0.4) is 0 Å². The zero-order valence-corrected chi connectivity index (χ0v) is 17.0. The van der Waals surface area contributed by atoms with Gasteiger partial charge in [-0.1, -0.05) is 43.3 Å². The number of rotatable bonds is 10. The highest BCUT2D eigenvalue weighted by atomic mass is 19.2. The highest BCUT2D eigenvalue weighted by Crippen LogP contribution is 2.13. The second-order valence-corrected chi connectivity index (χ2v) is 7.49. The SMILES string of the molecule is CC(=O)[C@@H](Cc1ccccc1)NC(=O)[C@@H](C)CC(=O)[C@H](N)Cc1ccc(F)c(F)c1. The molecule has 2 aromatic carbocycles. The fourth-order valence-corrected chi connectivity index (χ4v) is 3.04. The van der Waals surface area contributed by atoms with E-state index in [4.69, 9.17) is 5.73 Å². The summed E-state index contributed by atoms with van der Waals surface area (Å²) in [6.07, 6.45) is 0.277. The van der Waals surface area contributed by atoms with Gasteiger partial charge < -0.3 is 11.1 Å². The van der Waals surface area contributed by atoms with Crippen molar-refractivity contribution in [2.24, 2.45) is 11.7 Å². The van der Waals surface area contributed by atoms with E-state index in [9.17, 15) is 23.2 Å². The average Bonchev–Trinajstić information content (AvgIpc) is 2.70. The summed E-state index contributed by atoms with van der Waals surface area (Å²) in [6, 6.07) is 11.0. The minimum Gasteiger partial charge on any atom is -0.346 e. The molecule has 30 heavy (non-hydrogen) atoms. The highest BCUT2D eigenvalue weighted by molar-refractivity contribution is 5.92. The largest absolute Gasteiger partial charge is 0.346 e. The van der Waals surface area contributed by atoms with Crippen LogP contribution in [0.15, 0.2) is 48.5 Å². The second kappa shape index (κ2) is 10.7. The lowest BCUT2D eigenvalue weighted by atomic mass is 9.95. The number of nitrogens with two attached hydrogens (primary N) is 1. The molecule has 7 heteroatoms. The number of carbonyl (C=O) groups excluding carboxylic acids is 3. The van der Waals surface area contributed by atoms with Crippen LogP contribution in [0.25, 0.3) is 0 Å². The van der Waals surface area contributed by atoms with Crippen LogP contribution in [-0.4, -0.2) is 29.6 Å². The Morgan fingerprint density at radius 1 is 0.967 bits per heavy atom. The Morgan fingerprint density at radius 3 is 2.23 bits per heavy atom. The maximum atomic E-state index is 13.3. The molecule has 3 N–H and O–H groups in total. The zero-order valence-electron chi connectivity index (χ0n) is 17.0. The lowest BCUT2D eigenvalue weighted by molar-refractivity contribution is -0.131. The normalized spacial score (nSPS) is 13.9. The molecule has 0 heterocycles. The standard InChI is InChI=1S/C23H26F2N2O3/c1-14(10-22(29)20(26)12-17-8-9-18(24)19(25)11-17)23(30)27-21(15(2)28)13-16-6-4-3-5-7-16/h3-9,11,14,20-21H,10,12-13,26H2,1-2H3,(H,27,30)/t14-,20+,21+/m0/s1. The summed E-state index contributed by atoms with van der Waals surface area (Å²) in [6.45, 7) is 2.98. The van der Waals surface area contributed by atoms with Gasteiger partial charge in [-0.05, 0) is 43.0 Å². The maximum absolute atomic E-state index is 13.3. The molecule has 0 aromatic heterocycles. The Hall–Kier alpha value is -2.93. The molecule has 160 valence electrons. The van der Waals surface area contributed by atoms with Gasteiger partial charge in [0.25, 0.3) is 0 Å². The van der Waals surface area contributed by atoms with Gasteiger partial charge in [-0.3, -0.25) is 14.4 Å². The van der Waals surface area contributed by atoms with E-state index in [2.05, 4.69) is 5.32 Å². The summed E-state index contributed by atoms with van der Waals surface area (Å²) in [5.74, 6) is -3.63. The number of amides is 1. The van der Waals surface area contributed by atoms with E-state index in [1.807, 2.05) is 30.3 Å². The first-order chi connectivity index (χ1) is 14.2. The van der Waals surface area contributed by atoms with Gasteiger partial charge in [-0.15, -0.1) is 0 Å². The van der Waals surface area contributed by atoms with E-state index in [-0.39, 0.29) is 24.4 Å². The first-order valence-electron chi connectivity index (χ1n) is 9.74. The number of nitrogens with one attached hydrogen (secondary N) is 1. The van der Waals surface area contributed by atoms with Crippen LogP contribution in [-0.2, 0) is 27.2 Å². The van der Waals surface area contributed by atoms with Crippen LogP contribution in [0.2, 0.25) is 0 Å². The third-order valence-electron chi connectivity index (χ3n) is 4.90. The van der Waals surface area contributed by atoms with Gasteiger partial charge in [0.05, 0.1) is 12.1 Å². The van der Waals surface area contributed by atoms with E-state index < -0.39 is 35.5 Å². The molecule has 5 nitrogen and oxygen atoms in total. The molecule has 1 amide bonds. The lowest BCUT2D eigenvalue weighted by Gasteiger charge is -2.20. The number of hydrogen-bond donors (Lipinski definition) is 2. The first kappa shape index (κ1) is 23.3. The second-order valence-electron chi connectivity index (χ2n) is 7.49. The third-order valence-corrected chi connectivity index (χ3v) is 4.90. The molecular formula is C23H26F2N2O3. The van der Waals surface area contributed by atoms with Gasteiger partial charge in [0.2, 0.25) is 5.91 Å². The molecule has 0 aliphatic carbocycles. The van der Waals surface area contributed by atoms with Gasteiger partial charge >= 0.3 is 0 Å². The minimum absolute atomic E-state index is 0.0362. The van der Waals surface area contributed by atoms with Crippen molar-refractivity contribution in [3.05, 3.63) is 71.3 Å². The molecule has 0 saturated carbocycles. The summed E-state index contributed by atoms with van der Waals surface area (Å²) >= 11 is 0. The summed E-state index contributed by atoms with van der Waals surface area (Å²) in [5.41, 5.74) is 7.19. The Labute approximate surface area is 174 Å². The number of hydrogen-bond acceptors (Lipinski definition) is 4. The summed E-state index contributed by atoms with van der Waals surface area (Å²) < 4.78 is 26.3. The highest BCUT2D eigenvalue weighted by Gasteiger charge is 2.25. The van der Waals surface area contributed by atoms with Crippen LogP contribution in [0.1, 0.15) is 31.4 Å². The zero-order chi connectivity index (χ0) is 22.3. The Kier molecular flexibility index (Phi) is 8.35. The van der Waals surface area contributed by atoms with Crippen molar-refractivity contribution in [3.63, 3.8) is 0 Å². The average molecular weight is 416 g/mol. The van der Waals surface area contributed by atoms with Crippen LogP contribution in [0.4, 0.5) is 8.78 Å². The van der Waals surface area contributed by atoms with E-state index in [0.717, 1.165) is 17.7 Å². The Bertz CT molecular complexity index is 903. The topological polar surface area (TPSA) is 89.3 Å². The minimum atomic E-state index is -1.01. The van der Waals surface area contributed by atoms with E-state index in [1.54, 1.807) is 6.92 Å². The number of ketones is 2. The summed E-state index contributed by atoms with van der Waals surface area (Å²) in [5, 5.41) is 2.70. The molecular weight excluding hydrogens is 390 g/mol. The van der Waals surface area contributed by atoms with Crippen molar-refractivity contribution in [3.8, 4) is 0 Å². The molecule has 2 rings (SSSR count). The number of carbonyl (C=O) groups is 3. The molecule has 0 unspecified atom stereocenters. The predicted octanol–water partition coefficient (Wildman–Crippen LogP) is 2.75. The monoisotopic (exact) mass is 416 g/mol.